The highest BCUT2D eigenvalue weighted by Crippen LogP contribution is 2.28. The lowest BCUT2D eigenvalue weighted by Gasteiger charge is -2.28. The molecule has 1 aliphatic carbocycles. The van der Waals surface area contributed by atoms with Crippen molar-refractivity contribution >= 4 is 0 Å². The average molecular weight is 392 g/mol. The first-order chi connectivity index (χ1) is 13.5. The molecule has 1 fully saturated rings. The first kappa shape index (κ1) is 19.1. The molecule has 0 saturated heterocycles. The summed E-state index contributed by atoms with van der Waals surface area (Å²) in [7, 11) is 0. The summed E-state index contributed by atoms with van der Waals surface area (Å²) in [5, 5.41) is 0. The van der Waals surface area contributed by atoms with E-state index in [0.717, 1.165) is 24.0 Å². The molecule has 0 radical (unpaired) electrons. The SMILES string of the molecule is FC(F)(F)c1ncc2c(n1)CCN(Cc1ccc(OC3CCCCC3)nc1)C2. The smallest absolute Gasteiger partial charge is 0.451 e. The lowest BCUT2D eigenvalue weighted by atomic mass is 9.98. The number of halogens is 3. The van der Waals surface area contributed by atoms with E-state index in [1.807, 2.05) is 18.3 Å². The quantitative estimate of drug-likeness (QED) is 0.782. The van der Waals surface area contributed by atoms with Crippen LogP contribution in [0.15, 0.2) is 24.5 Å². The zero-order valence-corrected chi connectivity index (χ0v) is 15.6. The van der Waals surface area contributed by atoms with Crippen molar-refractivity contribution < 1.29 is 17.9 Å². The third-order valence-corrected chi connectivity index (χ3v) is 5.31. The molecule has 0 N–H and O–H groups in total. The standard InChI is InChI=1S/C20H23F3N4O/c21-20(22,23)19-25-11-15-13-27(9-8-17(15)26-19)12-14-6-7-18(24-10-14)28-16-4-2-1-3-5-16/h6-7,10-11,16H,1-5,8-9,12-13H2. The fourth-order valence-electron chi connectivity index (χ4n) is 3.83. The number of hydrogen-bond acceptors (Lipinski definition) is 5. The summed E-state index contributed by atoms with van der Waals surface area (Å²) >= 11 is 0. The van der Waals surface area contributed by atoms with Gasteiger partial charge in [0.2, 0.25) is 11.7 Å². The van der Waals surface area contributed by atoms with Gasteiger partial charge in [0.05, 0.1) is 5.69 Å². The highest BCUT2D eigenvalue weighted by molar-refractivity contribution is 5.23. The molecule has 0 unspecified atom stereocenters. The first-order valence-electron chi connectivity index (χ1n) is 9.73. The van der Waals surface area contributed by atoms with Crippen LogP contribution in [0.2, 0.25) is 0 Å². The largest absolute Gasteiger partial charge is 0.474 e. The van der Waals surface area contributed by atoms with Gasteiger partial charge < -0.3 is 4.74 Å². The molecule has 5 nitrogen and oxygen atoms in total. The van der Waals surface area contributed by atoms with Crippen molar-refractivity contribution in [1.82, 2.24) is 19.9 Å². The van der Waals surface area contributed by atoms with Crippen LogP contribution in [0.4, 0.5) is 13.2 Å². The maximum absolute atomic E-state index is 12.8. The number of pyridine rings is 1. The maximum atomic E-state index is 12.8. The van der Waals surface area contributed by atoms with E-state index in [2.05, 4.69) is 19.9 Å². The number of rotatable bonds is 4. The fraction of sp³-hybridized carbons (Fsp3) is 0.550. The minimum absolute atomic E-state index is 0.271. The molecule has 1 saturated carbocycles. The first-order valence-corrected chi connectivity index (χ1v) is 9.73. The lowest BCUT2D eigenvalue weighted by molar-refractivity contribution is -0.145. The molecule has 0 spiro atoms. The van der Waals surface area contributed by atoms with Gasteiger partial charge in [-0.25, -0.2) is 15.0 Å². The molecule has 4 rings (SSSR count). The number of alkyl halides is 3. The third kappa shape index (κ3) is 4.60. The Hall–Kier alpha value is -2.22. The van der Waals surface area contributed by atoms with E-state index in [0.29, 0.717) is 37.6 Å². The zero-order chi connectivity index (χ0) is 19.6. The average Bonchev–Trinajstić information content (AvgIpc) is 2.69. The van der Waals surface area contributed by atoms with E-state index in [4.69, 9.17) is 4.74 Å². The van der Waals surface area contributed by atoms with Crippen molar-refractivity contribution in [3.63, 3.8) is 0 Å². The van der Waals surface area contributed by atoms with Crippen LogP contribution in [-0.4, -0.2) is 32.5 Å². The Morgan fingerprint density at radius 3 is 2.61 bits per heavy atom. The van der Waals surface area contributed by atoms with Crippen LogP contribution in [0.1, 0.15) is 54.7 Å². The number of fused-ring (bicyclic) bond motifs is 1. The molecule has 150 valence electrons. The Labute approximate surface area is 162 Å². The molecule has 0 amide bonds. The Bertz CT molecular complexity index is 804. The van der Waals surface area contributed by atoms with Gasteiger partial charge in [0.15, 0.2) is 0 Å². The molecule has 1 aliphatic heterocycles. The van der Waals surface area contributed by atoms with Crippen LogP contribution in [0, 0.1) is 0 Å². The van der Waals surface area contributed by atoms with E-state index in [1.165, 1.54) is 25.5 Å². The third-order valence-electron chi connectivity index (χ3n) is 5.31. The molecule has 0 aromatic carbocycles. The van der Waals surface area contributed by atoms with E-state index >= 15 is 0 Å². The van der Waals surface area contributed by atoms with Gasteiger partial charge in [-0.1, -0.05) is 12.5 Å². The van der Waals surface area contributed by atoms with Crippen molar-refractivity contribution in [2.24, 2.45) is 0 Å². The molecule has 0 bridgehead atoms. The molecule has 2 aromatic heterocycles. The van der Waals surface area contributed by atoms with Crippen LogP contribution in [0.25, 0.3) is 0 Å². The number of ether oxygens (including phenoxy) is 1. The second-order valence-electron chi connectivity index (χ2n) is 7.51. The summed E-state index contributed by atoms with van der Waals surface area (Å²) in [5.41, 5.74) is 2.30. The van der Waals surface area contributed by atoms with Crippen molar-refractivity contribution in [2.45, 2.75) is 63.9 Å². The van der Waals surface area contributed by atoms with Crippen LogP contribution >= 0.6 is 0 Å². The van der Waals surface area contributed by atoms with E-state index in [-0.39, 0.29) is 6.10 Å². The summed E-state index contributed by atoms with van der Waals surface area (Å²) in [5.74, 6) is -0.398. The van der Waals surface area contributed by atoms with Gasteiger partial charge >= 0.3 is 6.18 Å². The summed E-state index contributed by atoms with van der Waals surface area (Å²) in [6.07, 6.45) is 5.27. The monoisotopic (exact) mass is 392 g/mol. The number of hydrogen-bond donors (Lipinski definition) is 0. The number of nitrogens with zero attached hydrogens (tertiary/aromatic N) is 4. The Balaban J connectivity index is 1.35. The van der Waals surface area contributed by atoms with Gasteiger partial charge in [0.1, 0.15) is 6.10 Å². The highest BCUT2D eigenvalue weighted by Gasteiger charge is 2.35. The van der Waals surface area contributed by atoms with Crippen LogP contribution < -0.4 is 4.74 Å². The van der Waals surface area contributed by atoms with Gasteiger partial charge in [-0.2, -0.15) is 13.2 Å². The summed E-state index contributed by atoms with van der Waals surface area (Å²) < 4.78 is 44.2. The highest BCUT2D eigenvalue weighted by atomic mass is 19.4. The van der Waals surface area contributed by atoms with Gasteiger partial charge in [0, 0.05) is 50.1 Å². The minimum Gasteiger partial charge on any atom is -0.474 e. The molecule has 3 heterocycles. The predicted molar refractivity (Wildman–Crippen MR) is 96.6 cm³/mol. The van der Waals surface area contributed by atoms with Crippen LogP contribution in [0.5, 0.6) is 5.88 Å². The van der Waals surface area contributed by atoms with E-state index in [9.17, 15) is 13.2 Å². The Morgan fingerprint density at radius 1 is 1.07 bits per heavy atom. The van der Waals surface area contributed by atoms with Gasteiger partial charge in [-0.15, -0.1) is 0 Å². The lowest BCUT2D eigenvalue weighted by Crippen LogP contribution is -2.31. The molecule has 2 aromatic rings. The molecular formula is C20H23F3N4O. The molecular weight excluding hydrogens is 369 g/mol. The molecule has 2 aliphatic rings. The summed E-state index contributed by atoms with van der Waals surface area (Å²) in [4.78, 5) is 13.8. The maximum Gasteiger partial charge on any atom is 0.451 e. The second-order valence-corrected chi connectivity index (χ2v) is 7.51. The Kier molecular flexibility index (Phi) is 5.48. The van der Waals surface area contributed by atoms with Crippen LogP contribution in [0.3, 0.4) is 0 Å². The topological polar surface area (TPSA) is 51.1 Å². The minimum atomic E-state index is -4.50. The summed E-state index contributed by atoms with van der Waals surface area (Å²) in [6, 6.07) is 3.91. The molecule has 28 heavy (non-hydrogen) atoms. The second kappa shape index (κ2) is 8.03. The van der Waals surface area contributed by atoms with Crippen LogP contribution in [-0.2, 0) is 25.7 Å². The van der Waals surface area contributed by atoms with Gasteiger partial charge in [0.25, 0.3) is 0 Å². The van der Waals surface area contributed by atoms with E-state index < -0.39 is 12.0 Å². The van der Waals surface area contributed by atoms with Gasteiger partial charge in [-0.3, -0.25) is 4.90 Å². The van der Waals surface area contributed by atoms with Crippen molar-refractivity contribution in [3.8, 4) is 5.88 Å². The number of aromatic nitrogens is 3. The molecule has 8 heteroatoms. The fourth-order valence-corrected chi connectivity index (χ4v) is 3.83. The molecule has 0 atom stereocenters. The van der Waals surface area contributed by atoms with Gasteiger partial charge in [-0.05, 0) is 31.2 Å². The predicted octanol–water partition coefficient (Wildman–Crippen LogP) is 4.16. The van der Waals surface area contributed by atoms with Crippen molar-refractivity contribution in [1.29, 1.82) is 0 Å². The van der Waals surface area contributed by atoms with Crippen molar-refractivity contribution in [2.75, 3.05) is 6.54 Å². The normalized spacial score (nSPS) is 18.7. The Morgan fingerprint density at radius 2 is 1.89 bits per heavy atom. The van der Waals surface area contributed by atoms with E-state index in [1.54, 1.807) is 0 Å². The summed E-state index contributed by atoms with van der Waals surface area (Å²) in [6.45, 7) is 1.87. The zero-order valence-electron chi connectivity index (χ0n) is 15.6. The van der Waals surface area contributed by atoms with Crippen molar-refractivity contribution in [3.05, 3.63) is 47.2 Å².